The highest BCUT2D eigenvalue weighted by molar-refractivity contribution is 5.79. The van der Waals surface area contributed by atoms with Gasteiger partial charge in [0.1, 0.15) is 0 Å². The van der Waals surface area contributed by atoms with Crippen LogP contribution in [0.25, 0.3) is 0 Å². The number of guanidine groups is 1. The van der Waals surface area contributed by atoms with E-state index in [1.165, 1.54) is 19.3 Å². The van der Waals surface area contributed by atoms with Gasteiger partial charge in [0.05, 0.1) is 6.61 Å². The highest BCUT2D eigenvalue weighted by atomic mass is 16.5. The number of aliphatic imine (C=N–C) groups is 1. The lowest BCUT2D eigenvalue weighted by Crippen LogP contribution is -2.37. The molecule has 0 unspecified atom stereocenters. The Bertz CT molecular complexity index is 403. The lowest BCUT2D eigenvalue weighted by molar-refractivity contribution is 0.305. The van der Waals surface area contributed by atoms with E-state index in [2.05, 4.69) is 34.5 Å². The van der Waals surface area contributed by atoms with E-state index in [-0.39, 0.29) is 0 Å². The molecule has 1 rings (SSSR count). The topological polar surface area (TPSA) is 58.5 Å². The minimum atomic E-state index is 0.683. The van der Waals surface area contributed by atoms with Gasteiger partial charge in [-0.15, -0.1) is 0 Å². The SMILES string of the molecule is CCCCCNC(=NC)NCc1ccc(OCCC)nc1. The Morgan fingerprint density at radius 3 is 2.67 bits per heavy atom. The van der Waals surface area contributed by atoms with E-state index in [0.29, 0.717) is 19.0 Å². The molecular formula is C16H28N4O. The minimum Gasteiger partial charge on any atom is -0.478 e. The molecule has 118 valence electrons. The van der Waals surface area contributed by atoms with Gasteiger partial charge in [-0.25, -0.2) is 4.98 Å². The fraction of sp³-hybridized carbons (Fsp3) is 0.625. The first-order chi connectivity index (χ1) is 10.3. The molecule has 1 heterocycles. The summed E-state index contributed by atoms with van der Waals surface area (Å²) in [6, 6.07) is 3.93. The number of hydrogen-bond acceptors (Lipinski definition) is 3. The number of ether oxygens (including phenoxy) is 1. The summed E-state index contributed by atoms with van der Waals surface area (Å²) in [5.41, 5.74) is 1.11. The predicted octanol–water partition coefficient (Wildman–Crippen LogP) is 2.73. The summed E-state index contributed by atoms with van der Waals surface area (Å²) in [4.78, 5) is 8.49. The quantitative estimate of drug-likeness (QED) is 0.417. The fourth-order valence-electron chi connectivity index (χ4n) is 1.80. The molecule has 0 saturated carbocycles. The molecule has 5 nitrogen and oxygen atoms in total. The monoisotopic (exact) mass is 292 g/mol. The lowest BCUT2D eigenvalue weighted by atomic mass is 10.2. The van der Waals surface area contributed by atoms with E-state index < -0.39 is 0 Å². The van der Waals surface area contributed by atoms with Crippen molar-refractivity contribution in [2.45, 2.75) is 46.1 Å². The van der Waals surface area contributed by atoms with Gasteiger partial charge in [-0.1, -0.05) is 32.8 Å². The van der Waals surface area contributed by atoms with Gasteiger partial charge in [-0.3, -0.25) is 4.99 Å². The predicted molar refractivity (Wildman–Crippen MR) is 87.7 cm³/mol. The lowest BCUT2D eigenvalue weighted by Gasteiger charge is -2.12. The third-order valence-electron chi connectivity index (χ3n) is 3.01. The van der Waals surface area contributed by atoms with Gasteiger partial charge >= 0.3 is 0 Å². The Labute approximate surface area is 128 Å². The number of nitrogens with zero attached hydrogens (tertiary/aromatic N) is 2. The molecule has 2 N–H and O–H groups in total. The molecule has 0 atom stereocenters. The molecule has 0 spiro atoms. The molecule has 5 heteroatoms. The third-order valence-corrected chi connectivity index (χ3v) is 3.01. The molecule has 1 aromatic rings. The smallest absolute Gasteiger partial charge is 0.213 e. The van der Waals surface area contributed by atoms with Crippen LogP contribution in [0.15, 0.2) is 23.3 Å². The van der Waals surface area contributed by atoms with Gasteiger partial charge in [0, 0.05) is 32.4 Å². The van der Waals surface area contributed by atoms with Crippen LogP contribution in [0.2, 0.25) is 0 Å². The van der Waals surface area contributed by atoms with E-state index in [9.17, 15) is 0 Å². The normalized spacial score (nSPS) is 11.3. The Balaban J connectivity index is 2.32. The van der Waals surface area contributed by atoms with Gasteiger partial charge in [0.2, 0.25) is 5.88 Å². The molecule has 0 amide bonds. The first kappa shape index (κ1) is 17.3. The van der Waals surface area contributed by atoms with Crippen LogP contribution in [0.1, 0.15) is 45.1 Å². The molecular weight excluding hydrogens is 264 g/mol. The van der Waals surface area contributed by atoms with Crippen LogP contribution in [0, 0.1) is 0 Å². The van der Waals surface area contributed by atoms with Crippen LogP contribution in [-0.2, 0) is 6.54 Å². The molecule has 0 aliphatic carbocycles. The zero-order valence-electron chi connectivity index (χ0n) is 13.5. The maximum atomic E-state index is 5.47. The summed E-state index contributed by atoms with van der Waals surface area (Å²) in [6.45, 7) is 6.65. The molecule has 0 fully saturated rings. The molecule has 1 aromatic heterocycles. The summed E-state index contributed by atoms with van der Waals surface area (Å²) in [5, 5.41) is 6.59. The van der Waals surface area contributed by atoms with Crippen molar-refractivity contribution in [3.8, 4) is 5.88 Å². The zero-order chi connectivity index (χ0) is 15.3. The Morgan fingerprint density at radius 2 is 2.05 bits per heavy atom. The number of pyridine rings is 1. The summed E-state index contributed by atoms with van der Waals surface area (Å²) < 4.78 is 5.47. The first-order valence-electron chi connectivity index (χ1n) is 7.82. The van der Waals surface area contributed by atoms with E-state index in [4.69, 9.17) is 4.74 Å². The second-order valence-corrected chi connectivity index (χ2v) is 4.91. The molecule has 0 radical (unpaired) electrons. The Morgan fingerprint density at radius 1 is 1.19 bits per heavy atom. The zero-order valence-corrected chi connectivity index (χ0v) is 13.5. The van der Waals surface area contributed by atoms with Gasteiger partial charge in [0.25, 0.3) is 0 Å². The van der Waals surface area contributed by atoms with Crippen molar-refractivity contribution >= 4 is 5.96 Å². The van der Waals surface area contributed by atoms with Crippen LogP contribution in [0.5, 0.6) is 5.88 Å². The summed E-state index contributed by atoms with van der Waals surface area (Å²) in [6.07, 6.45) is 6.47. The van der Waals surface area contributed by atoms with Crippen molar-refractivity contribution in [1.29, 1.82) is 0 Å². The standard InChI is InChI=1S/C16H28N4O/c1-4-6-7-10-18-16(17-3)20-13-14-8-9-15(19-12-14)21-11-5-2/h8-9,12H,4-7,10-11,13H2,1-3H3,(H2,17,18,20). The highest BCUT2D eigenvalue weighted by Crippen LogP contribution is 2.07. The van der Waals surface area contributed by atoms with E-state index in [1.54, 1.807) is 7.05 Å². The molecule has 21 heavy (non-hydrogen) atoms. The van der Waals surface area contributed by atoms with Crippen LogP contribution in [0.3, 0.4) is 0 Å². The minimum absolute atomic E-state index is 0.683. The molecule has 0 saturated heterocycles. The van der Waals surface area contributed by atoms with Crippen LogP contribution < -0.4 is 15.4 Å². The number of rotatable bonds is 9. The van der Waals surface area contributed by atoms with Crippen molar-refractivity contribution in [2.24, 2.45) is 4.99 Å². The van der Waals surface area contributed by atoms with Crippen LogP contribution in [-0.4, -0.2) is 31.1 Å². The summed E-state index contributed by atoms with van der Waals surface area (Å²) in [7, 11) is 1.79. The molecule has 0 aliphatic heterocycles. The van der Waals surface area contributed by atoms with Crippen molar-refractivity contribution in [2.75, 3.05) is 20.2 Å². The molecule has 0 aromatic carbocycles. The van der Waals surface area contributed by atoms with E-state index in [1.807, 2.05) is 18.3 Å². The third kappa shape index (κ3) is 7.54. The highest BCUT2D eigenvalue weighted by Gasteiger charge is 1.99. The van der Waals surface area contributed by atoms with Crippen molar-refractivity contribution < 1.29 is 4.74 Å². The second-order valence-electron chi connectivity index (χ2n) is 4.91. The van der Waals surface area contributed by atoms with Gasteiger partial charge in [-0.2, -0.15) is 0 Å². The first-order valence-corrected chi connectivity index (χ1v) is 7.82. The van der Waals surface area contributed by atoms with E-state index >= 15 is 0 Å². The number of aromatic nitrogens is 1. The van der Waals surface area contributed by atoms with Gasteiger partial charge in [0.15, 0.2) is 5.96 Å². The van der Waals surface area contributed by atoms with E-state index in [0.717, 1.165) is 24.5 Å². The van der Waals surface area contributed by atoms with Crippen molar-refractivity contribution in [3.63, 3.8) is 0 Å². The number of nitrogens with one attached hydrogen (secondary N) is 2. The second kappa shape index (κ2) is 10.9. The van der Waals surface area contributed by atoms with Crippen molar-refractivity contribution in [1.82, 2.24) is 15.6 Å². The maximum Gasteiger partial charge on any atom is 0.213 e. The van der Waals surface area contributed by atoms with Crippen molar-refractivity contribution in [3.05, 3.63) is 23.9 Å². The maximum absolute atomic E-state index is 5.47. The van der Waals surface area contributed by atoms with Crippen LogP contribution >= 0.6 is 0 Å². The average Bonchev–Trinajstić information content (AvgIpc) is 2.53. The molecule has 0 aliphatic rings. The largest absolute Gasteiger partial charge is 0.478 e. The van der Waals surface area contributed by atoms with Gasteiger partial charge in [-0.05, 0) is 18.4 Å². The summed E-state index contributed by atoms with van der Waals surface area (Å²) in [5.74, 6) is 1.51. The average molecular weight is 292 g/mol. The summed E-state index contributed by atoms with van der Waals surface area (Å²) >= 11 is 0. The van der Waals surface area contributed by atoms with Crippen LogP contribution in [0.4, 0.5) is 0 Å². The number of unbranched alkanes of at least 4 members (excludes halogenated alkanes) is 2. The Kier molecular flexibility index (Phi) is 9.00. The van der Waals surface area contributed by atoms with Gasteiger partial charge < -0.3 is 15.4 Å². The molecule has 0 bridgehead atoms. The fourth-order valence-corrected chi connectivity index (χ4v) is 1.80. The Hall–Kier alpha value is -1.78. The number of hydrogen-bond donors (Lipinski definition) is 2.